The lowest BCUT2D eigenvalue weighted by Gasteiger charge is -2.28. The SMILES string of the molecule is O=C(CN1C(=O)COc2ccc([N+](=O)[O-])cc21)Nc1ccccc1Cl. The topological polar surface area (TPSA) is 102 Å². The van der Waals surface area contributed by atoms with E-state index in [0.29, 0.717) is 16.5 Å². The standard InChI is InChI=1S/C16H12ClN3O5/c17-11-3-1-2-4-12(11)18-15(21)8-19-13-7-10(20(23)24)5-6-14(13)25-9-16(19)22/h1-7H,8-9H2,(H,18,21). The molecule has 0 unspecified atom stereocenters. The number of benzene rings is 2. The number of rotatable bonds is 4. The number of nitro groups is 1. The smallest absolute Gasteiger partial charge is 0.271 e. The molecule has 1 aliphatic rings. The van der Waals surface area contributed by atoms with Crippen molar-refractivity contribution in [2.75, 3.05) is 23.4 Å². The van der Waals surface area contributed by atoms with Crippen LogP contribution in [-0.4, -0.2) is 29.9 Å². The number of nitro benzene ring substituents is 1. The van der Waals surface area contributed by atoms with Crippen LogP contribution in [0.1, 0.15) is 0 Å². The molecule has 0 saturated heterocycles. The van der Waals surface area contributed by atoms with Gasteiger partial charge in [-0.3, -0.25) is 24.6 Å². The maximum Gasteiger partial charge on any atom is 0.271 e. The Balaban J connectivity index is 1.84. The number of carbonyl (C=O) groups is 2. The second-order valence-corrected chi connectivity index (χ2v) is 5.61. The Morgan fingerprint density at radius 3 is 2.80 bits per heavy atom. The highest BCUT2D eigenvalue weighted by Gasteiger charge is 2.29. The molecule has 0 aromatic heterocycles. The molecule has 0 spiro atoms. The first-order chi connectivity index (χ1) is 12.0. The lowest BCUT2D eigenvalue weighted by molar-refractivity contribution is -0.384. The molecule has 128 valence electrons. The maximum atomic E-state index is 12.3. The third-order valence-electron chi connectivity index (χ3n) is 3.55. The van der Waals surface area contributed by atoms with Crippen LogP contribution in [0.2, 0.25) is 5.02 Å². The molecular weight excluding hydrogens is 350 g/mol. The van der Waals surface area contributed by atoms with Gasteiger partial charge in [-0.2, -0.15) is 0 Å². The average Bonchev–Trinajstić information content (AvgIpc) is 2.59. The van der Waals surface area contributed by atoms with E-state index in [2.05, 4.69) is 5.32 Å². The van der Waals surface area contributed by atoms with Gasteiger partial charge in [-0.1, -0.05) is 23.7 Å². The first-order valence-electron chi connectivity index (χ1n) is 7.21. The molecule has 2 aromatic rings. The number of ether oxygens (including phenoxy) is 1. The van der Waals surface area contributed by atoms with E-state index in [1.54, 1.807) is 24.3 Å². The summed E-state index contributed by atoms with van der Waals surface area (Å²) in [5, 5.41) is 13.9. The number of non-ortho nitro benzene ring substituents is 1. The molecule has 0 bridgehead atoms. The molecule has 2 aromatic carbocycles. The summed E-state index contributed by atoms with van der Waals surface area (Å²) in [7, 11) is 0. The van der Waals surface area contributed by atoms with Crippen molar-refractivity contribution in [3.8, 4) is 5.75 Å². The van der Waals surface area contributed by atoms with Crippen LogP contribution in [0.25, 0.3) is 0 Å². The van der Waals surface area contributed by atoms with Gasteiger partial charge < -0.3 is 10.1 Å². The van der Waals surface area contributed by atoms with E-state index in [0.717, 1.165) is 4.90 Å². The zero-order valence-corrected chi connectivity index (χ0v) is 13.5. The van der Waals surface area contributed by atoms with Gasteiger partial charge in [0.15, 0.2) is 6.61 Å². The van der Waals surface area contributed by atoms with Crippen LogP contribution in [0.3, 0.4) is 0 Å². The lowest BCUT2D eigenvalue weighted by atomic mass is 10.2. The molecule has 2 amide bonds. The van der Waals surface area contributed by atoms with E-state index in [1.165, 1.54) is 18.2 Å². The highest BCUT2D eigenvalue weighted by atomic mass is 35.5. The average molecular weight is 362 g/mol. The molecule has 25 heavy (non-hydrogen) atoms. The van der Waals surface area contributed by atoms with Gasteiger partial charge in [0.25, 0.3) is 11.6 Å². The fourth-order valence-corrected chi connectivity index (χ4v) is 2.56. The molecule has 3 rings (SSSR count). The van der Waals surface area contributed by atoms with Crippen LogP contribution >= 0.6 is 11.6 Å². The van der Waals surface area contributed by atoms with E-state index < -0.39 is 16.7 Å². The third kappa shape index (κ3) is 3.53. The second-order valence-electron chi connectivity index (χ2n) is 5.21. The van der Waals surface area contributed by atoms with Crippen molar-refractivity contribution in [3.05, 3.63) is 57.6 Å². The number of carbonyl (C=O) groups excluding carboxylic acids is 2. The van der Waals surface area contributed by atoms with E-state index in [1.807, 2.05) is 0 Å². The first kappa shape index (κ1) is 16.7. The normalized spacial score (nSPS) is 13.0. The van der Waals surface area contributed by atoms with Crippen molar-refractivity contribution in [2.45, 2.75) is 0 Å². The molecule has 0 fully saturated rings. The maximum absolute atomic E-state index is 12.3. The summed E-state index contributed by atoms with van der Waals surface area (Å²) in [6.45, 7) is -0.564. The van der Waals surface area contributed by atoms with Gasteiger partial charge in [0.2, 0.25) is 5.91 Å². The van der Waals surface area contributed by atoms with E-state index in [-0.39, 0.29) is 24.5 Å². The van der Waals surface area contributed by atoms with Gasteiger partial charge in [0, 0.05) is 12.1 Å². The number of amides is 2. The fraction of sp³-hybridized carbons (Fsp3) is 0.125. The third-order valence-corrected chi connectivity index (χ3v) is 3.88. The van der Waals surface area contributed by atoms with Gasteiger partial charge in [-0.15, -0.1) is 0 Å². The van der Waals surface area contributed by atoms with Crippen LogP contribution in [0.5, 0.6) is 5.75 Å². The van der Waals surface area contributed by atoms with Crippen molar-refractivity contribution >= 4 is 40.5 Å². The van der Waals surface area contributed by atoms with Crippen molar-refractivity contribution < 1.29 is 19.2 Å². The zero-order chi connectivity index (χ0) is 18.0. The minimum absolute atomic E-state index is 0.180. The minimum Gasteiger partial charge on any atom is -0.482 e. The minimum atomic E-state index is -0.582. The molecular formula is C16H12ClN3O5. The fourth-order valence-electron chi connectivity index (χ4n) is 2.37. The Morgan fingerprint density at radius 2 is 2.08 bits per heavy atom. The Hall–Kier alpha value is -3.13. The molecule has 0 aliphatic carbocycles. The van der Waals surface area contributed by atoms with Gasteiger partial charge in [0.1, 0.15) is 12.3 Å². The van der Waals surface area contributed by atoms with Crippen LogP contribution in [-0.2, 0) is 9.59 Å². The molecule has 1 N–H and O–H groups in total. The van der Waals surface area contributed by atoms with E-state index in [9.17, 15) is 19.7 Å². The highest BCUT2D eigenvalue weighted by Crippen LogP contribution is 2.35. The van der Waals surface area contributed by atoms with E-state index in [4.69, 9.17) is 16.3 Å². The second kappa shape index (κ2) is 6.78. The van der Waals surface area contributed by atoms with Crippen molar-refractivity contribution in [1.29, 1.82) is 0 Å². The van der Waals surface area contributed by atoms with Crippen LogP contribution in [0.15, 0.2) is 42.5 Å². The molecule has 0 saturated carbocycles. The van der Waals surface area contributed by atoms with Gasteiger partial charge in [-0.25, -0.2) is 0 Å². The Morgan fingerprint density at radius 1 is 1.32 bits per heavy atom. The molecule has 1 heterocycles. The van der Waals surface area contributed by atoms with E-state index >= 15 is 0 Å². The number of nitrogens with one attached hydrogen (secondary N) is 1. The summed E-state index contributed by atoms with van der Waals surface area (Å²) >= 11 is 5.99. The number of halogens is 1. The molecule has 1 aliphatic heterocycles. The number of anilines is 2. The quantitative estimate of drug-likeness (QED) is 0.666. The van der Waals surface area contributed by atoms with Gasteiger partial charge in [-0.05, 0) is 18.2 Å². The van der Waals surface area contributed by atoms with Crippen molar-refractivity contribution in [3.63, 3.8) is 0 Å². The molecule has 0 atom stereocenters. The monoisotopic (exact) mass is 361 g/mol. The van der Waals surface area contributed by atoms with Crippen molar-refractivity contribution in [1.82, 2.24) is 0 Å². The highest BCUT2D eigenvalue weighted by molar-refractivity contribution is 6.33. The predicted molar refractivity (Wildman–Crippen MR) is 91.0 cm³/mol. The Labute approximate surface area is 147 Å². The molecule has 0 radical (unpaired) electrons. The summed E-state index contributed by atoms with van der Waals surface area (Å²) in [5.74, 6) is -0.654. The number of para-hydroxylation sites is 1. The molecule has 9 heteroatoms. The number of hydrogen-bond acceptors (Lipinski definition) is 5. The predicted octanol–water partition coefficient (Wildman–Crippen LogP) is 2.61. The summed E-state index contributed by atoms with van der Waals surface area (Å²) in [5.41, 5.74) is 0.391. The summed E-state index contributed by atoms with van der Waals surface area (Å²) in [4.78, 5) is 35.9. The summed E-state index contributed by atoms with van der Waals surface area (Å²) in [6.07, 6.45) is 0. The first-order valence-corrected chi connectivity index (χ1v) is 7.59. The van der Waals surface area contributed by atoms with Gasteiger partial charge >= 0.3 is 0 Å². The van der Waals surface area contributed by atoms with Gasteiger partial charge in [0.05, 0.1) is 21.3 Å². The zero-order valence-electron chi connectivity index (χ0n) is 12.8. The number of nitrogens with zero attached hydrogens (tertiary/aromatic N) is 2. The van der Waals surface area contributed by atoms with Crippen molar-refractivity contribution in [2.24, 2.45) is 0 Å². The van der Waals surface area contributed by atoms with Crippen LogP contribution in [0.4, 0.5) is 17.1 Å². The lowest BCUT2D eigenvalue weighted by Crippen LogP contribution is -2.43. The number of fused-ring (bicyclic) bond motifs is 1. The largest absolute Gasteiger partial charge is 0.482 e. The summed E-state index contributed by atoms with van der Waals surface area (Å²) < 4.78 is 5.25. The number of hydrogen-bond donors (Lipinski definition) is 1. The molecule has 8 nitrogen and oxygen atoms in total. The summed E-state index contributed by atoms with van der Waals surface area (Å²) in [6, 6.07) is 10.6. The van der Waals surface area contributed by atoms with Crippen LogP contribution in [0, 0.1) is 10.1 Å². The Bertz CT molecular complexity index is 871. The van der Waals surface area contributed by atoms with Crippen LogP contribution < -0.4 is 15.0 Å². The Kier molecular flexibility index (Phi) is 4.53.